The molecule has 31 heavy (non-hydrogen) atoms. The van der Waals surface area contributed by atoms with Crippen molar-refractivity contribution in [1.29, 1.82) is 0 Å². The van der Waals surface area contributed by atoms with E-state index >= 15 is 0 Å². The number of ether oxygens (including phenoxy) is 1. The van der Waals surface area contributed by atoms with Gasteiger partial charge in [-0.25, -0.2) is 4.79 Å². The summed E-state index contributed by atoms with van der Waals surface area (Å²) in [6.45, 7) is 3.62. The molecule has 8 nitrogen and oxygen atoms in total. The Morgan fingerprint density at radius 1 is 1.10 bits per heavy atom. The number of carbonyl (C=O) groups excluding carboxylic acids is 2. The number of nitrogens with one attached hydrogen (secondary N) is 2. The van der Waals surface area contributed by atoms with Crippen molar-refractivity contribution < 1.29 is 14.3 Å². The zero-order valence-corrected chi connectivity index (χ0v) is 17.5. The summed E-state index contributed by atoms with van der Waals surface area (Å²) >= 11 is 0. The molecule has 1 aliphatic heterocycles. The quantitative estimate of drug-likeness (QED) is 0.636. The van der Waals surface area contributed by atoms with Crippen LogP contribution in [0.15, 0.2) is 53.3 Å². The van der Waals surface area contributed by atoms with E-state index in [1.54, 1.807) is 24.3 Å². The fraction of sp³-hybridized carbons (Fsp3) is 0.348. The maximum atomic E-state index is 12.7. The number of imidazole rings is 1. The Kier molecular flexibility index (Phi) is 6.06. The lowest BCUT2D eigenvalue weighted by Crippen LogP contribution is -2.47. The van der Waals surface area contributed by atoms with Crippen molar-refractivity contribution in [2.75, 3.05) is 19.7 Å². The number of hydrogen-bond donors (Lipinski definition) is 2. The molecule has 0 saturated carbocycles. The molecule has 8 heteroatoms. The van der Waals surface area contributed by atoms with Gasteiger partial charge in [0.15, 0.2) is 0 Å². The van der Waals surface area contributed by atoms with Crippen LogP contribution in [-0.4, -0.2) is 52.0 Å². The number of carbonyl (C=O) groups is 2. The van der Waals surface area contributed by atoms with Gasteiger partial charge >= 0.3 is 5.69 Å². The molecular formula is C23H26N4O4. The molecule has 0 aliphatic carbocycles. The first kappa shape index (κ1) is 20.7. The summed E-state index contributed by atoms with van der Waals surface area (Å²) < 4.78 is 6.86. The van der Waals surface area contributed by atoms with Gasteiger partial charge in [-0.2, -0.15) is 0 Å². The van der Waals surface area contributed by atoms with Crippen LogP contribution in [0, 0.1) is 0 Å². The number of fused-ring (bicyclic) bond motifs is 1. The molecule has 0 radical (unpaired) electrons. The van der Waals surface area contributed by atoms with E-state index in [4.69, 9.17) is 4.74 Å². The Labute approximate surface area is 179 Å². The van der Waals surface area contributed by atoms with Crippen LogP contribution < -0.4 is 15.7 Å². The maximum Gasteiger partial charge on any atom is 0.326 e. The smallest absolute Gasteiger partial charge is 0.326 e. The highest BCUT2D eigenvalue weighted by Crippen LogP contribution is 2.17. The summed E-state index contributed by atoms with van der Waals surface area (Å²) in [4.78, 5) is 42.0. The van der Waals surface area contributed by atoms with Crippen LogP contribution in [0.1, 0.15) is 30.1 Å². The van der Waals surface area contributed by atoms with Gasteiger partial charge < -0.3 is 19.9 Å². The molecule has 2 heterocycles. The Morgan fingerprint density at radius 3 is 2.52 bits per heavy atom. The van der Waals surface area contributed by atoms with E-state index in [0.717, 1.165) is 5.75 Å². The number of aromatic nitrogens is 2. The highest BCUT2D eigenvalue weighted by molar-refractivity contribution is 5.94. The predicted octanol–water partition coefficient (Wildman–Crippen LogP) is 2.15. The normalized spacial score (nSPS) is 14.5. The van der Waals surface area contributed by atoms with Gasteiger partial charge in [-0.05, 0) is 56.2 Å². The molecule has 2 N–H and O–H groups in total. The third kappa shape index (κ3) is 4.63. The molecule has 3 aromatic rings. The molecule has 1 fully saturated rings. The molecule has 1 aromatic heterocycles. The summed E-state index contributed by atoms with van der Waals surface area (Å²) in [7, 11) is 0. The van der Waals surface area contributed by atoms with Crippen molar-refractivity contribution in [2.24, 2.45) is 0 Å². The van der Waals surface area contributed by atoms with E-state index in [1.165, 1.54) is 4.57 Å². The first-order valence-corrected chi connectivity index (χ1v) is 10.5. The van der Waals surface area contributed by atoms with Gasteiger partial charge in [0, 0.05) is 24.7 Å². The second-order valence-electron chi connectivity index (χ2n) is 7.62. The van der Waals surface area contributed by atoms with Gasteiger partial charge in [0.2, 0.25) is 5.91 Å². The minimum atomic E-state index is -0.299. The van der Waals surface area contributed by atoms with Crippen LogP contribution in [-0.2, 0) is 11.3 Å². The molecule has 0 unspecified atom stereocenters. The minimum absolute atomic E-state index is 0.0156. The van der Waals surface area contributed by atoms with E-state index in [2.05, 4.69) is 10.3 Å². The summed E-state index contributed by atoms with van der Waals surface area (Å²) in [5, 5.41) is 3.00. The first-order chi connectivity index (χ1) is 15.0. The van der Waals surface area contributed by atoms with Crippen LogP contribution in [0.2, 0.25) is 0 Å². The average Bonchev–Trinajstić information content (AvgIpc) is 3.09. The maximum absolute atomic E-state index is 12.7. The van der Waals surface area contributed by atoms with E-state index < -0.39 is 0 Å². The van der Waals surface area contributed by atoms with Crippen LogP contribution in [0.4, 0.5) is 0 Å². The largest absolute Gasteiger partial charge is 0.494 e. The Balaban J connectivity index is 1.30. The Bertz CT molecular complexity index is 1120. The lowest BCUT2D eigenvalue weighted by Gasteiger charge is -2.32. The van der Waals surface area contributed by atoms with Crippen molar-refractivity contribution in [3.63, 3.8) is 0 Å². The number of nitrogens with zero attached hydrogens (tertiary/aromatic N) is 2. The van der Waals surface area contributed by atoms with E-state index in [1.807, 2.05) is 36.1 Å². The fourth-order valence-corrected chi connectivity index (χ4v) is 3.95. The van der Waals surface area contributed by atoms with Crippen LogP contribution in [0.3, 0.4) is 0 Å². The van der Waals surface area contributed by atoms with Gasteiger partial charge in [0.05, 0.1) is 17.6 Å². The van der Waals surface area contributed by atoms with Gasteiger partial charge in [0.1, 0.15) is 12.3 Å². The number of likely N-dealkylation sites (tertiary alicyclic amines) is 1. The molecule has 2 aromatic carbocycles. The summed E-state index contributed by atoms with van der Waals surface area (Å²) in [5.74, 6) is 0.524. The lowest BCUT2D eigenvalue weighted by atomic mass is 10.0. The number of rotatable bonds is 6. The van der Waals surface area contributed by atoms with Crippen molar-refractivity contribution in [3.05, 3.63) is 64.6 Å². The van der Waals surface area contributed by atoms with Crippen molar-refractivity contribution in [3.8, 4) is 5.75 Å². The fourth-order valence-electron chi connectivity index (χ4n) is 3.95. The summed E-state index contributed by atoms with van der Waals surface area (Å²) in [5.41, 5.74) is 1.75. The topological polar surface area (TPSA) is 96.4 Å². The van der Waals surface area contributed by atoms with Crippen molar-refractivity contribution in [2.45, 2.75) is 32.4 Å². The van der Waals surface area contributed by atoms with Crippen molar-refractivity contribution in [1.82, 2.24) is 19.8 Å². The van der Waals surface area contributed by atoms with E-state index in [-0.39, 0.29) is 30.1 Å². The Morgan fingerprint density at radius 2 is 1.81 bits per heavy atom. The highest BCUT2D eigenvalue weighted by atomic mass is 16.5. The van der Waals surface area contributed by atoms with Gasteiger partial charge in [-0.1, -0.05) is 12.1 Å². The van der Waals surface area contributed by atoms with Crippen LogP contribution in [0.25, 0.3) is 11.0 Å². The third-order valence-electron chi connectivity index (χ3n) is 5.54. The van der Waals surface area contributed by atoms with E-state index in [0.29, 0.717) is 49.1 Å². The zero-order chi connectivity index (χ0) is 21.8. The standard InChI is InChI=1S/C23H26N4O4/c1-2-31-18-9-7-16(8-10-18)22(29)26-13-11-17(12-14-26)24-21(28)15-27-20-6-4-3-5-19(20)25-23(27)30/h3-10,17H,2,11-15H2,1H3,(H,24,28)(H,25,30). The molecule has 1 aliphatic rings. The number of amides is 2. The van der Waals surface area contributed by atoms with E-state index in [9.17, 15) is 14.4 Å². The third-order valence-corrected chi connectivity index (χ3v) is 5.54. The second-order valence-corrected chi connectivity index (χ2v) is 7.62. The SMILES string of the molecule is CCOc1ccc(C(=O)N2CCC(NC(=O)Cn3c(=O)[nH]c4ccccc43)CC2)cc1. The van der Waals surface area contributed by atoms with Gasteiger partial charge in [0.25, 0.3) is 5.91 Å². The summed E-state index contributed by atoms with van der Waals surface area (Å²) in [6, 6.07) is 14.4. The van der Waals surface area contributed by atoms with Gasteiger partial charge in [-0.3, -0.25) is 14.2 Å². The number of H-pyrrole nitrogens is 1. The summed E-state index contributed by atoms with van der Waals surface area (Å²) in [6.07, 6.45) is 1.36. The first-order valence-electron chi connectivity index (χ1n) is 10.5. The molecule has 4 rings (SSSR count). The highest BCUT2D eigenvalue weighted by Gasteiger charge is 2.25. The number of hydrogen-bond acceptors (Lipinski definition) is 4. The van der Waals surface area contributed by atoms with Gasteiger partial charge in [-0.15, -0.1) is 0 Å². The molecular weight excluding hydrogens is 396 g/mol. The second kappa shape index (κ2) is 9.07. The average molecular weight is 422 g/mol. The molecule has 2 amide bonds. The molecule has 0 bridgehead atoms. The Hall–Kier alpha value is -3.55. The zero-order valence-electron chi connectivity index (χ0n) is 17.5. The molecule has 0 atom stereocenters. The predicted molar refractivity (Wildman–Crippen MR) is 117 cm³/mol. The number of piperidine rings is 1. The molecule has 162 valence electrons. The monoisotopic (exact) mass is 422 g/mol. The minimum Gasteiger partial charge on any atom is -0.494 e. The number of aromatic amines is 1. The number of benzene rings is 2. The molecule has 0 spiro atoms. The van der Waals surface area contributed by atoms with Crippen molar-refractivity contribution >= 4 is 22.8 Å². The number of para-hydroxylation sites is 2. The van der Waals surface area contributed by atoms with Crippen LogP contribution in [0.5, 0.6) is 5.75 Å². The van der Waals surface area contributed by atoms with Crippen LogP contribution >= 0.6 is 0 Å². The molecule has 1 saturated heterocycles. The lowest BCUT2D eigenvalue weighted by molar-refractivity contribution is -0.122.